The molecule has 5 nitrogen and oxygen atoms in total. The van der Waals surface area contributed by atoms with E-state index in [1.165, 1.54) is 83.2 Å². The summed E-state index contributed by atoms with van der Waals surface area (Å²) in [5.74, 6) is 0. The molecule has 3 fully saturated rings. The second-order valence-corrected chi connectivity index (χ2v) is 9.05. The lowest BCUT2D eigenvalue weighted by atomic mass is 9.84. The zero-order valence-electron chi connectivity index (χ0n) is 17.5. The monoisotopic (exact) mass is 386 g/mol. The van der Waals surface area contributed by atoms with Crippen LogP contribution in [0, 0.1) is 0 Å². The Hall–Kier alpha value is -1.01. The van der Waals surface area contributed by atoms with E-state index in [2.05, 4.69) is 25.8 Å². The standard InChI is InChI=1S/C23H38N4O/c1-3-11-25(12-4-1)13-7-17-28-21-23-9-2-5-14-27(23)16-15-26(20-23)19-22-8-6-10-24-18-22/h6,8,10,18H,1-5,7,9,11-17,19-21H2. The van der Waals surface area contributed by atoms with Crippen molar-refractivity contribution in [2.75, 3.05) is 59.0 Å². The van der Waals surface area contributed by atoms with E-state index in [4.69, 9.17) is 4.74 Å². The summed E-state index contributed by atoms with van der Waals surface area (Å²) in [6, 6.07) is 4.25. The molecule has 0 radical (unpaired) electrons. The maximum Gasteiger partial charge on any atom is 0.0662 e. The molecular formula is C23H38N4O. The van der Waals surface area contributed by atoms with Crippen molar-refractivity contribution in [3.8, 4) is 0 Å². The predicted octanol–water partition coefficient (Wildman–Crippen LogP) is 3.01. The van der Waals surface area contributed by atoms with Crippen LogP contribution >= 0.6 is 0 Å². The van der Waals surface area contributed by atoms with Crippen LogP contribution in [0.3, 0.4) is 0 Å². The summed E-state index contributed by atoms with van der Waals surface area (Å²) >= 11 is 0. The van der Waals surface area contributed by atoms with Gasteiger partial charge in [0.1, 0.15) is 0 Å². The van der Waals surface area contributed by atoms with Crippen LogP contribution in [0.25, 0.3) is 0 Å². The summed E-state index contributed by atoms with van der Waals surface area (Å²) in [4.78, 5) is 12.3. The maximum atomic E-state index is 6.32. The molecule has 0 amide bonds. The fraction of sp³-hybridized carbons (Fsp3) is 0.783. The van der Waals surface area contributed by atoms with Crippen LogP contribution in [0.2, 0.25) is 0 Å². The summed E-state index contributed by atoms with van der Waals surface area (Å²) in [5, 5.41) is 0. The molecule has 5 heteroatoms. The normalized spacial score (nSPS) is 27.6. The van der Waals surface area contributed by atoms with Crippen molar-refractivity contribution in [1.29, 1.82) is 0 Å². The molecule has 0 bridgehead atoms. The number of pyridine rings is 1. The number of hydrogen-bond acceptors (Lipinski definition) is 5. The lowest BCUT2D eigenvalue weighted by Gasteiger charge is -2.53. The molecule has 28 heavy (non-hydrogen) atoms. The zero-order valence-corrected chi connectivity index (χ0v) is 17.5. The summed E-state index contributed by atoms with van der Waals surface area (Å²) in [5.41, 5.74) is 1.55. The molecule has 0 saturated carbocycles. The van der Waals surface area contributed by atoms with E-state index in [1.54, 1.807) is 0 Å². The minimum absolute atomic E-state index is 0.226. The first-order chi connectivity index (χ1) is 13.8. The van der Waals surface area contributed by atoms with E-state index in [-0.39, 0.29) is 5.54 Å². The van der Waals surface area contributed by atoms with Gasteiger partial charge in [-0.05, 0) is 63.4 Å². The van der Waals surface area contributed by atoms with Gasteiger partial charge in [0.15, 0.2) is 0 Å². The highest BCUT2D eigenvalue weighted by atomic mass is 16.5. The Morgan fingerprint density at radius 2 is 1.86 bits per heavy atom. The maximum absolute atomic E-state index is 6.32. The molecule has 1 unspecified atom stereocenters. The number of hydrogen-bond donors (Lipinski definition) is 0. The lowest BCUT2D eigenvalue weighted by Crippen LogP contribution is -2.65. The van der Waals surface area contributed by atoms with Crippen LogP contribution in [0.4, 0.5) is 0 Å². The van der Waals surface area contributed by atoms with Gasteiger partial charge in [0, 0.05) is 51.7 Å². The zero-order chi connectivity index (χ0) is 19.1. The number of fused-ring (bicyclic) bond motifs is 1. The average molecular weight is 387 g/mol. The fourth-order valence-electron chi connectivity index (χ4n) is 5.37. The van der Waals surface area contributed by atoms with Crippen molar-refractivity contribution >= 4 is 0 Å². The molecular weight excluding hydrogens is 348 g/mol. The van der Waals surface area contributed by atoms with Crippen molar-refractivity contribution in [1.82, 2.24) is 19.7 Å². The second kappa shape index (κ2) is 10.1. The lowest BCUT2D eigenvalue weighted by molar-refractivity contribution is -0.0807. The minimum Gasteiger partial charge on any atom is -0.379 e. The number of aromatic nitrogens is 1. The van der Waals surface area contributed by atoms with Crippen LogP contribution in [0.5, 0.6) is 0 Å². The van der Waals surface area contributed by atoms with E-state index in [0.717, 1.165) is 32.8 Å². The van der Waals surface area contributed by atoms with Gasteiger partial charge in [-0.3, -0.25) is 14.8 Å². The Kier molecular flexibility index (Phi) is 7.35. The van der Waals surface area contributed by atoms with Crippen LogP contribution in [-0.2, 0) is 11.3 Å². The van der Waals surface area contributed by atoms with E-state index in [9.17, 15) is 0 Å². The Balaban J connectivity index is 1.27. The molecule has 3 aliphatic heterocycles. The largest absolute Gasteiger partial charge is 0.379 e. The number of piperidine rings is 2. The number of nitrogens with zero attached hydrogens (tertiary/aromatic N) is 4. The first-order valence-corrected chi connectivity index (χ1v) is 11.5. The quantitative estimate of drug-likeness (QED) is 0.641. The minimum atomic E-state index is 0.226. The van der Waals surface area contributed by atoms with Gasteiger partial charge < -0.3 is 9.64 Å². The molecule has 4 heterocycles. The second-order valence-electron chi connectivity index (χ2n) is 9.05. The van der Waals surface area contributed by atoms with Crippen molar-refractivity contribution in [2.45, 2.75) is 57.0 Å². The molecule has 0 N–H and O–H groups in total. The van der Waals surface area contributed by atoms with Crippen LogP contribution < -0.4 is 0 Å². The molecule has 0 aromatic carbocycles. The van der Waals surface area contributed by atoms with Gasteiger partial charge in [-0.15, -0.1) is 0 Å². The smallest absolute Gasteiger partial charge is 0.0662 e. The molecule has 1 aromatic heterocycles. The van der Waals surface area contributed by atoms with E-state index >= 15 is 0 Å². The van der Waals surface area contributed by atoms with Crippen LogP contribution in [0.15, 0.2) is 24.5 Å². The van der Waals surface area contributed by atoms with Gasteiger partial charge in [-0.25, -0.2) is 0 Å². The molecule has 3 aliphatic rings. The summed E-state index contributed by atoms with van der Waals surface area (Å²) < 4.78 is 6.32. The van der Waals surface area contributed by atoms with E-state index in [1.807, 2.05) is 18.5 Å². The molecule has 1 aromatic rings. The van der Waals surface area contributed by atoms with Gasteiger partial charge in [0.25, 0.3) is 0 Å². The third-order valence-corrected chi connectivity index (χ3v) is 6.91. The van der Waals surface area contributed by atoms with Gasteiger partial charge >= 0.3 is 0 Å². The third kappa shape index (κ3) is 5.32. The van der Waals surface area contributed by atoms with Crippen molar-refractivity contribution in [3.05, 3.63) is 30.1 Å². The summed E-state index contributed by atoms with van der Waals surface area (Å²) in [6.45, 7) is 11.3. The topological polar surface area (TPSA) is 31.8 Å². The summed E-state index contributed by atoms with van der Waals surface area (Å²) in [6.07, 6.45) is 13.2. The first kappa shape index (κ1) is 20.3. The molecule has 0 aliphatic carbocycles. The van der Waals surface area contributed by atoms with Crippen LogP contribution in [0.1, 0.15) is 50.5 Å². The Morgan fingerprint density at radius 3 is 2.71 bits per heavy atom. The van der Waals surface area contributed by atoms with Crippen molar-refractivity contribution < 1.29 is 4.74 Å². The fourth-order valence-corrected chi connectivity index (χ4v) is 5.37. The van der Waals surface area contributed by atoms with Gasteiger partial charge in [0.05, 0.1) is 12.1 Å². The highest BCUT2D eigenvalue weighted by Gasteiger charge is 2.43. The van der Waals surface area contributed by atoms with E-state index < -0.39 is 0 Å². The predicted molar refractivity (Wildman–Crippen MR) is 113 cm³/mol. The molecule has 156 valence electrons. The molecule has 0 spiro atoms. The molecule has 4 rings (SSSR count). The SMILES string of the molecule is c1cncc(CN2CCN3CCCCC3(COCCCN3CCCCC3)C2)c1. The highest BCUT2D eigenvalue weighted by Crippen LogP contribution is 2.32. The van der Waals surface area contributed by atoms with Gasteiger partial charge in [-0.2, -0.15) is 0 Å². The number of rotatable bonds is 8. The Morgan fingerprint density at radius 1 is 0.964 bits per heavy atom. The third-order valence-electron chi connectivity index (χ3n) is 6.91. The van der Waals surface area contributed by atoms with Crippen molar-refractivity contribution in [2.24, 2.45) is 0 Å². The number of piperazine rings is 1. The highest BCUT2D eigenvalue weighted by molar-refractivity contribution is 5.09. The first-order valence-electron chi connectivity index (χ1n) is 11.5. The van der Waals surface area contributed by atoms with Gasteiger partial charge in [-0.1, -0.05) is 18.9 Å². The number of ether oxygens (including phenoxy) is 1. The van der Waals surface area contributed by atoms with Crippen molar-refractivity contribution in [3.63, 3.8) is 0 Å². The molecule has 3 saturated heterocycles. The average Bonchev–Trinajstić information content (AvgIpc) is 2.75. The Bertz CT molecular complexity index is 577. The summed E-state index contributed by atoms with van der Waals surface area (Å²) in [7, 11) is 0. The van der Waals surface area contributed by atoms with Gasteiger partial charge in [0.2, 0.25) is 0 Å². The molecule has 1 atom stereocenters. The van der Waals surface area contributed by atoms with E-state index in [0.29, 0.717) is 0 Å². The Labute approximate surface area is 171 Å². The van der Waals surface area contributed by atoms with Crippen LogP contribution in [-0.4, -0.2) is 84.2 Å². The number of likely N-dealkylation sites (tertiary alicyclic amines) is 1.